The van der Waals surface area contributed by atoms with Crippen molar-refractivity contribution in [3.8, 4) is 0 Å². The first-order valence-electron chi connectivity index (χ1n) is 1.68. The molecule has 48 valence electrons. The quantitative estimate of drug-likeness (QED) is 0.660. The smallest absolute Gasteiger partial charge is 0.355 e. The van der Waals surface area contributed by atoms with Crippen molar-refractivity contribution in [2.75, 3.05) is 6.67 Å². The summed E-state index contributed by atoms with van der Waals surface area (Å²) in [7, 11) is 0. The Morgan fingerprint density at radius 3 is 2.25 bits per heavy atom. The molecule has 5 heteroatoms. The summed E-state index contributed by atoms with van der Waals surface area (Å²) in [5, 5.41) is 7.78. The van der Waals surface area contributed by atoms with Crippen molar-refractivity contribution >= 4 is 21.9 Å². The standard InChI is InChI=1S/C3H3BrF2O2/c4-3(6,1-5)2(7)8/h1H2,(H,7,8). The Morgan fingerprint density at radius 2 is 2.25 bits per heavy atom. The van der Waals surface area contributed by atoms with Crippen molar-refractivity contribution < 1.29 is 18.7 Å². The molecule has 0 fully saturated rings. The molecular weight excluding hydrogens is 186 g/mol. The van der Waals surface area contributed by atoms with Crippen molar-refractivity contribution in [1.29, 1.82) is 0 Å². The summed E-state index contributed by atoms with van der Waals surface area (Å²) in [5.41, 5.74) is 0. The minimum absolute atomic E-state index is 1.57. The molecule has 0 heterocycles. The molecule has 0 aromatic heterocycles. The van der Waals surface area contributed by atoms with Gasteiger partial charge < -0.3 is 5.11 Å². The van der Waals surface area contributed by atoms with Crippen molar-refractivity contribution in [2.24, 2.45) is 0 Å². The summed E-state index contributed by atoms with van der Waals surface area (Å²) in [6.07, 6.45) is 0. The van der Waals surface area contributed by atoms with Crippen LogP contribution in [0.2, 0.25) is 0 Å². The number of carboxylic acid groups (broad SMARTS) is 1. The molecule has 0 saturated carbocycles. The highest BCUT2D eigenvalue weighted by molar-refractivity contribution is 9.10. The molecule has 0 amide bonds. The number of hydrogen-bond acceptors (Lipinski definition) is 1. The predicted molar refractivity (Wildman–Crippen MR) is 26.4 cm³/mol. The summed E-state index contributed by atoms with van der Waals surface area (Å²) >= 11 is 2.00. The summed E-state index contributed by atoms with van der Waals surface area (Å²) in [5.74, 6) is -1.85. The first-order valence-corrected chi connectivity index (χ1v) is 2.47. The number of rotatable bonds is 2. The van der Waals surface area contributed by atoms with Gasteiger partial charge in [0.15, 0.2) is 0 Å². The molecule has 1 atom stereocenters. The van der Waals surface area contributed by atoms with E-state index in [0.717, 1.165) is 0 Å². The van der Waals surface area contributed by atoms with Crippen LogP contribution in [-0.2, 0) is 4.79 Å². The average molecular weight is 189 g/mol. The van der Waals surface area contributed by atoms with Crippen LogP contribution >= 0.6 is 15.9 Å². The van der Waals surface area contributed by atoms with Crippen LogP contribution in [0.1, 0.15) is 0 Å². The lowest BCUT2D eigenvalue weighted by atomic mass is 10.4. The van der Waals surface area contributed by atoms with E-state index < -0.39 is 17.2 Å². The van der Waals surface area contributed by atoms with Crippen LogP contribution in [0.5, 0.6) is 0 Å². The molecule has 0 aliphatic heterocycles. The predicted octanol–water partition coefficient (Wildman–Crippen LogP) is 1.10. The topological polar surface area (TPSA) is 37.3 Å². The van der Waals surface area contributed by atoms with Crippen LogP contribution in [0, 0.1) is 0 Å². The van der Waals surface area contributed by atoms with E-state index in [4.69, 9.17) is 5.11 Å². The zero-order valence-corrected chi connectivity index (χ0v) is 5.28. The van der Waals surface area contributed by atoms with Gasteiger partial charge in [-0.1, -0.05) is 0 Å². The van der Waals surface area contributed by atoms with Crippen molar-refractivity contribution in [1.82, 2.24) is 0 Å². The Bertz CT molecular complexity index is 103. The maximum Gasteiger partial charge on any atom is 0.355 e. The minimum Gasteiger partial charge on any atom is -0.478 e. The molecule has 8 heavy (non-hydrogen) atoms. The van der Waals surface area contributed by atoms with E-state index in [1.807, 2.05) is 15.9 Å². The fraction of sp³-hybridized carbons (Fsp3) is 0.667. The maximum atomic E-state index is 11.9. The molecule has 0 radical (unpaired) electrons. The number of halogens is 3. The van der Waals surface area contributed by atoms with Gasteiger partial charge in [-0.3, -0.25) is 0 Å². The SMILES string of the molecule is O=C(O)C(F)(Br)CF. The average Bonchev–Trinajstić information content (AvgIpc) is 1.67. The van der Waals surface area contributed by atoms with E-state index in [1.165, 1.54) is 0 Å². The van der Waals surface area contributed by atoms with Gasteiger partial charge >= 0.3 is 5.97 Å². The van der Waals surface area contributed by atoms with E-state index >= 15 is 0 Å². The highest BCUT2D eigenvalue weighted by Crippen LogP contribution is 2.19. The lowest BCUT2D eigenvalue weighted by Crippen LogP contribution is -2.28. The normalized spacial score (nSPS) is 17.4. The Balaban J connectivity index is 3.91. The molecule has 0 rings (SSSR count). The molecule has 1 N–H and O–H groups in total. The highest BCUT2D eigenvalue weighted by Gasteiger charge is 2.35. The number of carbonyl (C=O) groups is 1. The second-order valence-corrected chi connectivity index (χ2v) is 2.40. The molecule has 0 saturated heterocycles. The molecule has 0 aliphatic carbocycles. The van der Waals surface area contributed by atoms with Gasteiger partial charge in [0, 0.05) is 0 Å². The molecule has 1 unspecified atom stereocenters. The summed E-state index contributed by atoms with van der Waals surface area (Å²) in [6, 6.07) is 0. The Hall–Kier alpha value is -0.190. The summed E-state index contributed by atoms with van der Waals surface area (Å²) < 4.78 is 20.2. The molecule has 0 spiro atoms. The summed E-state index contributed by atoms with van der Waals surface area (Å²) in [6.45, 7) is -1.57. The van der Waals surface area contributed by atoms with Crippen molar-refractivity contribution in [3.63, 3.8) is 0 Å². The van der Waals surface area contributed by atoms with Gasteiger partial charge in [-0.15, -0.1) is 0 Å². The second-order valence-electron chi connectivity index (χ2n) is 1.14. The van der Waals surface area contributed by atoms with Gasteiger partial charge in [0.05, 0.1) is 0 Å². The minimum atomic E-state index is -2.90. The lowest BCUT2D eigenvalue weighted by molar-refractivity contribution is -0.145. The Kier molecular flexibility index (Phi) is 2.33. The zero-order valence-electron chi connectivity index (χ0n) is 3.70. The van der Waals surface area contributed by atoms with Gasteiger partial charge in [-0.05, 0) is 15.9 Å². The van der Waals surface area contributed by atoms with Gasteiger partial charge in [-0.25, -0.2) is 13.6 Å². The molecular formula is C3H3BrF2O2. The molecule has 0 bridgehead atoms. The Labute approximate surface area is 52.6 Å². The van der Waals surface area contributed by atoms with E-state index in [1.54, 1.807) is 0 Å². The van der Waals surface area contributed by atoms with Crippen LogP contribution in [0.25, 0.3) is 0 Å². The molecule has 0 aromatic rings. The second kappa shape index (κ2) is 2.39. The molecule has 0 aromatic carbocycles. The summed E-state index contributed by atoms with van der Waals surface area (Å²) in [4.78, 5) is 9.59. The first kappa shape index (κ1) is 7.81. The largest absolute Gasteiger partial charge is 0.478 e. The third kappa shape index (κ3) is 1.73. The maximum absolute atomic E-state index is 11.9. The van der Waals surface area contributed by atoms with Gasteiger partial charge in [0.25, 0.3) is 4.58 Å². The monoisotopic (exact) mass is 188 g/mol. The van der Waals surface area contributed by atoms with Crippen LogP contribution in [0.4, 0.5) is 8.78 Å². The third-order valence-electron chi connectivity index (χ3n) is 0.481. The van der Waals surface area contributed by atoms with Gasteiger partial charge in [0.1, 0.15) is 6.67 Å². The first-order chi connectivity index (χ1) is 3.50. The van der Waals surface area contributed by atoms with Gasteiger partial charge in [0.2, 0.25) is 0 Å². The van der Waals surface area contributed by atoms with E-state index in [9.17, 15) is 13.6 Å². The third-order valence-corrected chi connectivity index (χ3v) is 1.03. The Morgan fingerprint density at radius 1 is 1.88 bits per heavy atom. The van der Waals surface area contributed by atoms with Crippen LogP contribution < -0.4 is 0 Å². The fourth-order valence-corrected chi connectivity index (χ4v) is 0.0572. The lowest BCUT2D eigenvalue weighted by Gasteiger charge is -2.04. The number of carboxylic acids is 1. The molecule has 2 nitrogen and oxygen atoms in total. The number of hydrogen-bond donors (Lipinski definition) is 1. The number of aliphatic carboxylic acids is 1. The van der Waals surface area contributed by atoms with Crippen LogP contribution in [0.15, 0.2) is 0 Å². The van der Waals surface area contributed by atoms with Crippen molar-refractivity contribution in [2.45, 2.75) is 4.58 Å². The fourth-order valence-electron chi connectivity index (χ4n) is 0.0572. The highest BCUT2D eigenvalue weighted by atomic mass is 79.9. The van der Waals surface area contributed by atoms with Crippen molar-refractivity contribution in [3.05, 3.63) is 0 Å². The van der Waals surface area contributed by atoms with E-state index in [0.29, 0.717) is 0 Å². The van der Waals surface area contributed by atoms with E-state index in [-0.39, 0.29) is 0 Å². The zero-order chi connectivity index (χ0) is 6.78. The van der Waals surface area contributed by atoms with Gasteiger partial charge in [-0.2, -0.15) is 0 Å². The molecule has 0 aliphatic rings. The van der Waals surface area contributed by atoms with E-state index in [2.05, 4.69) is 0 Å². The van der Waals surface area contributed by atoms with Crippen LogP contribution in [0.3, 0.4) is 0 Å². The van der Waals surface area contributed by atoms with Crippen LogP contribution in [-0.4, -0.2) is 22.3 Å². The number of alkyl halides is 3.